The zero-order chi connectivity index (χ0) is 12.3. The minimum absolute atomic E-state index is 0.272. The average molecular weight is 255 g/mol. The van der Waals surface area contributed by atoms with Gasteiger partial charge in [0, 0.05) is 5.75 Å². The molecule has 1 saturated carbocycles. The molecule has 0 radical (unpaired) electrons. The van der Waals surface area contributed by atoms with Crippen molar-refractivity contribution in [1.29, 1.82) is 0 Å². The highest BCUT2D eigenvalue weighted by atomic mass is 32.2. The van der Waals surface area contributed by atoms with Gasteiger partial charge in [-0.3, -0.25) is 4.79 Å². The molecule has 17 heavy (non-hydrogen) atoms. The van der Waals surface area contributed by atoms with E-state index < -0.39 is 11.5 Å². The van der Waals surface area contributed by atoms with Gasteiger partial charge in [-0.05, 0) is 37.9 Å². The van der Waals surface area contributed by atoms with Crippen molar-refractivity contribution in [1.82, 2.24) is 5.32 Å². The first-order chi connectivity index (χ1) is 8.19. The third-order valence-corrected chi connectivity index (χ3v) is 4.40. The van der Waals surface area contributed by atoms with E-state index in [1.807, 2.05) is 12.1 Å². The van der Waals surface area contributed by atoms with Crippen molar-refractivity contribution in [2.45, 2.75) is 24.1 Å². The molecule has 1 aliphatic rings. The Labute approximate surface area is 105 Å². The van der Waals surface area contributed by atoms with Gasteiger partial charge >= 0.3 is 5.97 Å². The van der Waals surface area contributed by atoms with Gasteiger partial charge in [0.25, 0.3) is 0 Å². The number of aliphatic carboxylic acids is 1. The summed E-state index contributed by atoms with van der Waals surface area (Å²) in [7, 11) is 1.74. The second kappa shape index (κ2) is 5.14. The maximum Gasteiger partial charge on any atom is 0.325 e. The van der Waals surface area contributed by atoms with Gasteiger partial charge < -0.3 is 14.8 Å². The molecule has 5 heteroatoms. The van der Waals surface area contributed by atoms with Crippen LogP contribution in [0.2, 0.25) is 0 Å². The van der Waals surface area contributed by atoms with Crippen LogP contribution in [0.4, 0.5) is 0 Å². The number of thioether (sulfide) groups is 1. The van der Waals surface area contributed by atoms with Gasteiger partial charge in [-0.15, -0.1) is 0 Å². The zero-order valence-electron chi connectivity index (χ0n) is 9.81. The molecule has 1 heterocycles. The molecule has 1 aliphatic carbocycles. The maximum atomic E-state index is 11.4. The van der Waals surface area contributed by atoms with Crippen LogP contribution in [0.1, 0.15) is 18.6 Å². The fraction of sp³-hybridized carbons (Fsp3) is 0.583. The van der Waals surface area contributed by atoms with Crippen LogP contribution in [-0.2, 0) is 10.5 Å². The number of rotatable bonds is 7. The Bertz CT molecular complexity index is 375. The highest BCUT2D eigenvalue weighted by molar-refractivity contribution is 7.98. The van der Waals surface area contributed by atoms with E-state index in [9.17, 15) is 9.90 Å². The number of carbonyl (C=O) groups is 1. The molecule has 0 saturated heterocycles. The summed E-state index contributed by atoms with van der Waals surface area (Å²) in [5.74, 6) is 1.71. The van der Waals surface area contributed by atoms with Crippen LogP contribution in [0.25, 0.3) is 0 Å². The van der Waals surface area contributed by atoms with Gasteiger partial charge in [0.2, 0.25) is 0 Å². The van der Waals surface area contributed by atoms with Crippen molar-refractivity contribution in [2.75, 3.05) is 12.8 Å². The molecule has 0 aromatic carbocycles. The molecule has 0 bridgehead atoms. The minimum atomic E-state index is -0.767. The Balaban J connectivity index is 1.91. The van der Waals surface area contributed by atoms with Gasteiger partial charge in [0.1, 0.15) is 11.3 Å². The number of carboxylic acid groups (broad SMARTS) is 1. The van der Waals surface area contributed by atoms with Gasteiger partial charge in [0.05, 0.1) is 12.0 Å². The van der Waals surface area contributed by atoms with Crippen LogP contribution < -0.4 is 5.32 Å². The second-order valence-electron chi connectivity index (χ2n) is 4.37. The normalized spacial score (nSPS) is 18.9. The lowest BCUT2D eigenvalue weighted by molar-refractivity contribution is -0.144. The number of hydrogen-bond acceptors (Lipinski definition) is 4. The summed E-state index contributed by atoms with van der Waals surface area (Å²) in [6.45, 7) is 0. The first-order valence-corrected chi connectivity index (χ1v) is 6.87. The monoisotopic (exact) mass is 255 g/mol. The molecule has 1 aromatic heterocycles. The summed E-state index contributed by atoms with van der Waals surface area (Å²) >= 11 is 1.60. The molecular weight excluding hydrogens is 238 g/mol. The predicted octanol–water partition coefficient (Wildman–Crippen LogP) is 1.97. The van der Waals surface area contributed by atoms with Gasteiger partial charge in [-0.1, -0.05) is 0 Å². The summed E-state index contributed by atoms with van der Waals surface area (Å²) in [5, 5.41) is 12.4. The molecule has 1 unspecified atom stereocenters. The van der Waals surface area contributed by atoms with Gasteiger partial charge in [-0.2, -0.15) is 11.8 Å². The van der Waals surface area contributed by atoms with Crippen LogP contribution in [0.5, 0.6) is 0 Å². The molecule has 0 aliphatic heterocycles. The summed E-state index contributed by atoms with van der Waals surface area (Å²) in [6.07, 6.45) is 3.65. The molecule has 0 spiro atoms. The van der Waals surface area contributed by atoms with E-state index in [0.717, 1.165) is 24.4 Å². The third kappa shape index (κ3) is 2.66. The Morgan fingerprint density at radius 3 is 2.94 bits per heavy atom. The summed E-state index contributed by atoms with van der Waals surface area (Å²) in [4.78, 5) is 11.4. The number of carboxylic acids is 1. The fourth-order valence-electron chi connectivity index (χ4n) is 2.02. The lowest BCUT2D eigenvalue weighted by atomic mass is 9.96. The van der Waals surface area contributed by atoms with E-state index in [0.29, 0.717) is 5.75 Å². The van der Waals surface area contributed by atoms with Crippen LogP contribution >= 0.6 is 11.8 Å². The van der Waals surface area contributed by atoms with E-state index >= 15 is 0 Å². The van der Waals surface area contributed by atoms with E-state index in [1.165, 1.54) is 0 Å². The summed E-state index contributed by atoms with van der Waals surface area (Å²) in [5.41, 5.74) is -0.767. The SMILES string of the molecule is CNC(CSCc1ccco1)(C(=O)O)C1CC1. The molecule has 1 aromatic rings. The quantitative estimate of drug-likeness (QED) is 0.780. The van der Waals surface area contributed by atoms with Crippen molar-refractivity contribution < 1.29 is 14.3 Å². The molecular formula is C12H17NO3S. The van der Waals surface area contributed by atoms with Crippen molar-refractivity contribution >= 4 is 17.7 Å². The highest BCUT2D eigenvalue weighted by Crippen LogP contribution is 2.41. The number of hydrogen-bond donors (Lipinski definition) is 2. The van der Waals surface area contributed by atoms with Crippen molar-refractivity contribution in [2.24, 2.45) is 5.92 Å². The Hall–Kier alpha value is -0.940. The van der Waals surface area contributed by atoms with Crippen molar-refractivity contribution in [3.63, 3.8) is 0 Å². The fourth-order valence-corrected chi connectivity index (χ4v) is 3.31. The Morgan fingerprint density at radius 2 is 2.47 bits per heavy atom. The number of nitrogens with one attached hydrogen (secondary N) is 1. The Morgan fingerprint density at radius 1 is 1.71 bits per heavy atom. The van der Waals surface area contributed by atoms with Crippen LogP contribution in [0.15, 0.2) is 22.8 Å². The standard InChI is InChI=1S/C12H17NO3S/c1-13-12(11(14)15,9-4-5-9)8-17-7-10-3-2-6-16-10/h2-3,6,9,13H,4-5,7-8H2,1H3,(H,14,15). The number of furan rings is 1. The van der Waals surface area contributed by atoms with Gasteiger partial charge in [0.15, 0.2) is 0 Å². The van der Waals surface area contributed by atoms with Crippen LogP contribution in [-0.4, -0.2) is 29.4 Å². The second-order valence-corrected chi connectivity index (χ2v) is 5.36. The smallest absolute Gasteiger partial charge is 0.325 e. The first-order valence-electron chi connectivity index (χ1n) is 5.71. The first kappa shape index (κ1) is 12.5. The highest BCUT2D eigenvalue weighted by Gasteiger charge is 2.50. The Kier molecular flexibility index (Phi) is 3.79. The largest absolute Gasteiger partial charge is 0.480 e. The lowest BCUT2D eigenvalue weighted by Gasteiger charge is -2.28. The molecule has 0 amide bonds. The zero-order valence-corrected chi connectivity index (χ0v) is 10.6. The van der Waals surface area contributed by atoms with E-state index in [4.69, 9.17) is 4.42 Å². The topological polar surface area (TPSA) is 62.5 Å². The van der Waals surface area contributed by atoms with Crippen molar-refractivity contribution in [3.05, 3.63) is 24.2 Å². The van der Waals surface area contributed by atoms with Crippen LogP contribution in [0.3, 0.4) is 0 Å². The molecule has 1 atom stereocenters. The molecule has 4 nitrogen and oxygen atoms in total. The van der Waals surface area contributed by atoms with Crippen molar-refractivity contribution in [3.8, 4) is 0 Å². The number of likely N-dealkylation sites (N-methyl/N-ethyl adjacent to an activating group) is 1. The molecule has 2 rings (SSSR count). The molecule has 1 fully saturated rings. The summed E-state index contributed by atoms with van der Waals surface area (Å²) in [6, 6.07) is 3.76. The van der Waals surface area contributed by atoms with E-state index in [-0.39, 0.29) is 5.92 Å². The molecule has 2 N–H and O–H groups in total. The van der Waals surface area contributed by atoms with E-state index in [2.05, 4.69) is 5.32 Å². The van der Waals surface area contributed by atoms with E-state index in [1.54, 1.807) is 25.1 Å². The molecule has 94 valence electrons. The van der Waals surface area contributed by atoms with Crippen LogP contribution in [0, 0.1) is 5.92 Å². The maximum absolute atomic E-state index is 11.4. The predicted molar refractivity (Wildman–Crippen MR) is 67.0 cm³/mol. The lowest BCUT2D eigenvalue weighted by Crippen LogP contribution is -2.54. The third-order valence-electron chi connectivity index (χ3n) is 3.26. The van der Waals surface area contributed by atoms with Gasteiger partial charge in [-0.25, -0.2) is 0 Å². The average Bonchev–Trinajstić information content (AvgIpc) is 3.03. The summed E-state index contributed by atoms with van der Waals surface area (Å²) < 4.78 is 5.23. The minimum Gasteiger partial charge on any atom is -0.480 e.